The molecule has 0 rings (SSSR count). The fraction of sp³-hybridized carbons (Fsp3) is 0. The van der Waals surface area contributed by atoms with E-state index in [2.05, 4.69) is 24.0 Å². The number of amides is 1. The summed E-state index contributed by atoms with van der Waals surface area (Å²) in [7, 11) is 0. The van der Waals surface area contributed by atoms with E-state index in [-0.39, 0.29) is 0 Å². The van der Waals surface area contributed by atoms with Gasteiger partial charge in [0.05, 0.1) is 0 Å². The van der Waals surface area contributed by atoms with Gasteiger partial charge >= 0.3 is 0 Å². The van der Waals surface area contributed by atoms with Gasteiger partial charge in [0.25, 0.3) is 5.91 Å². The van der Waals surface area contributed by atoms with Crippen molar-refractivity contribution in [3.63, 3.8) is 0 Å². The Labute approximate surface area is 41.9 Å². The van der Waals surface area contributed by atoms with E-state index in [4.69, 9.17) is 0 Å². The van der Waals surface area contributed by atoms with Gasteiger partial charge in [-0.1, -0.05) is 6.58 Å². The van der Waals surface area contributed by atoms with Crippen molar-refractivity contribution < 1.29 is 4.79 Å². The van der Waals surface area contributed by atoms with Crippen LogP contribution in [0.5, 0.6) is 0 Å². The molecule has 0 fully saturated rings. The van der Waals surface area contributed by atoms with Gasteiger partial charge in [-0.15, -0.1) is 0 Å². The van der Waals surface area contributed by atoms with Crippen LogP contribution >= 0.6 is 0 Å². The molecule has 0 saturated carbocycles. The van der Waals surface area contributed by atoms with Crippen molar-refractivity contribution in [1.29, 1.82) is 0 Å². The highest BCUT2D eigenvalue weighted by Gasteiger charge is 1.79. The first-order valence-corrected chi connectivity index (χ1v) is 1.70. The Balaban J connectivity index is 3.82. The van der Waals surface area contributed by atoms with Crippen LogP contribution in [0.3, 0.4) is 0 Å². The quantitative estimate of drug-likeness (QED) is 0.345. The van der Waals surface area contributed by atoms with Gasteiger partial charge in [-0.2, -0.15) is 4.99 Å². The largest absolute Gasteiger partial charge is 0.277 e. The molecule has 0 unspecified atom stereocenters. The van der Waals surface area contributed by atoms with Crippen LogP contribution in [0.25, 0.3) is 0 Å². The fourth-order valence-corrected chi connectivity index (χ4v) is 0.124. The SMILES string of the molecule is C=C=NC(=O)C=C. The highest BCUT2D eigenvalue weighted by atomic mass is 16.1. The highest BCUT2D eigenvalue weighted by molar-refractivity contribution is 5.91. The number of hydrogen-bond donors (Lipinski definition) is 0. The number of hydrogen-bond acceptors (Lipinski definition) is 1. The molecule has 2 nitrogen and oxygen atoms in total. The lowest BCUT2D eigenvalue weighted by molar-refractivity contribution is -0.113. The summed E-state index contributed by atoms with van der Waals surface area (Å²) in [6.45, 7) is 6.26. The fourth-order valence-electron chi connectivity index (χ4n) is 0.124. The van der Waals surface area contributed by atoms with Crippen molar-refractivity contribution in [1.82, 2.24) is 0 Å². The Kier molecular flexibility index (Phi) is 2.57. The summed E-state index contributed by atoms with van der Waals surface area (Å²) in [6, 6.07) is 0. The first-order valence-electron chi connectivity index (χ1n) is 1.70. The van der Waals surface area contributed by atoms with E-state index in [0.29, 0.717) is 0 Å². The van der Waals surface area contributed by atoms with Crippen LogP contribution in [0, 0.1) is 0 Å². The van der Waals surface area contributed by atoms with Crippen LogP contribution in [0.1, 0.15) is 0 Å². The van der Waals surface area contributed by atoms with E-state index in [1.165, 1.54) is 0 Å². The molecule has 0 N–H and O–H groups in total. The lowest BCUT2D eigenvalue weighted by atomic mass is 10.6. The predicted molar refractivity (Wildman–Crippen MR) is 28.3 cm³/mol. The Morgan fingerprint density at radius 3 is 2.57 bits per heavy atom. The molecular formula is C5H5NO. The Morgan fingerprint density at radius 2 is 2.43 bits per heavy atom. The van der Waals surface area contributed by atoms with Gasteiger partial charge in [-0.05, 0) is 18.5 Å². The van der Waals surface area contributed by atoms with E-state index in [1.54, 1.807) is 0 Å². The summed E-state index contributed by atoms with van der Waals surface area (Å²) in [4.78, 5) is 13.1. The maximum atomic E-state index is 10.0. The zero-order chi connectivity index (χ0) is 5.70. The molecule has 7 heavy (non-hydrogen) atoms. The van der Waals surface area contributed by atoms with E-state index >= 15 is 0 Å². The first kappa shape index (κ1) is 5.86. The number of carbonyl (C=O) groups is 1. The van der Waals surface area contributed by atoms with E-state index in [9.17, 15) is 4.79 Å². The third-order valence-electron chi connectivity index (χ3n) is 0.364. The molecule has 0 aliphatic heterocycles. The average molecular weight is 95.1 g/mol. The van der Waals surface area contributed by atoms with Crippen LogP contribution < -0.4 is 0 Å². The van der Waals surface area contributed by atoms with Gasteiger partial charge in [-0.3, -0.25) is 4.79 Å². The van der Waals surface area contributed by atoms with Crippen LogP contribution in [0.15, 0.2) is 24.2 Å². The molecule has 0 aromatic heterocycles. The second-order valence-corrected chi connectivity index (χ2v) is 0.812. The summed E-state index contributed by atoms with van der Waals surface area (Å²) < 4.78 is 0. The first-order chi connectivity index (χ1) is 3.31. The van der Waals surface area contributed by atoms with Crippen LogP contribution in [-0.4, -0.2) is 11.8 Å². The maximum absolute atomic E-state index is 10.0. The van der Waals surface area contributed by atoms with Gasteiger partial charge in [0.1, 0.15) is 0 Å². The molecule has 0 aliphatic carbocycles. The molecule has 1 amide bonds. The molecular weight excluding hydrogens is 90.1 g/mol. The molecule has 0 aromatic rings. The normalized spacial score (nSPS) is 6.29. The minimum Gasteiger partial charge on any atom is -0.267 e. The Hall–Kier alpha value is -1.14. The van der Waals surface area contributed by atoms with Gasteiger partial charge in [0, 0.05) is 0 Å². The number of nitrogens with zero attached hydrogens (tertiary/aromatic N) is 1. The Morgan fingerprint density at radius 1 is 1.86 bits per heavy atom. The molecule has 0 aliphatic rings. The minimum absolute atomic E-state index is 0.407. The maximum Gasteiger partial charge on any atom is 0.277 e. The summed E-state index contributed by atoms with van der Waals surface area (Å²) in [6.07, 6.45) is 1.10. The van der Waals surface area contributed by atoms with Crippen LogP contribution in [0.2, 0.25) is 0 Å². The summed E-state index contributed by atoms with van der Waals surface area (Å²) in [5.74, 6) is 1.67. The number of rotatable bonds is 1. The zero-order valence-electron chi connectivity index (χ0n) is 3.85. The van der Waals surface area contributed by atoms with E-state index in [1.807, 2.05) is 0 Å². The zero-order valence-corrected chi connectivity index (χ0v) is 3.85. The van der Waals surface area contributed by atoms with Crippen LogP contribution in [-0.2, 0) is 4.79 Å². The van der Waals surface area contributed by atoms with E-state index < -0.39 is 5.91 Å². The predicted octanol–water partition coefficient (Wildman–Crippen LogP) is 0.555. The molecule has 0 heterocycles. The lowest BCUT2D eigenvalue weighted by Gasteiger charge is -1.68. The molecule has 0 atom stereocenters. The highest BCUT2D eigenvalue weighted by Crippen LogP contribution is 1.68. The second-order valence-electron chi connectivity index (χ2n) is 0.812. The summed E-state index contributed by atoms with van der Waals surface area (Å²) in [5.41, 5.74) is 0. The minimum atomic E-state index is -0.407. The second kappa shape index (κ2) is 3.07. The van der Waals surface area contributed by atoms with Crippen LogP contribution in [0.4, 0.5) is 0 Å². The smallest absolute Gasteiger partial charge is 0.267 e. The number of carbonyl (C=O) groups excluding carboxylic acids is 1. The third kappa shape index (κ3) is 2.67. The molecule has 0 saturated heterocycles. The number of aliphatic imine (C=N–C) groups is 1. The molecule has 2 heteroatoms. The van der Waals surface area contributed by atoms with Crippen molar-refractivity contribution in [3.8, 4) is 0 Å². The summed E-state index contributed by atoms with van der Waals surface area (Å²) in [5, 5.41) is 0. The lowest BCUT2D eigenvalue weighted by Crippen LogP contribution is -1.80. The van der Waals surface area contributed by atoms with E-state index in [0.717, 1.165) is 6.08 Å². The van der Waals surface area contributed by atoms with Gasteiger partial charge in [-0.25, -0.2) is 0 Å². The molecule has 0 aromatic carbocycles. The van der Waals surface area contributed by atoms with Gasteiger partial charge < -0.3 is 0 Å². The molecule has 0 spiro atoms. The monoisotopic (exact) mass is 95.0 g/mol. The average Bonchev–Trinajstić information content (AvgIpc) is 1.68. The standard InChI is InChI=1S/C5H5NO/c1-3-5(7)6-4-2/h3H,1-2H2. The van der Waals surface area contributed by atoms with Gasteiger partial charge in [0.2, 0.25) is 0 Å². The van der Waals surface area contributed by atoms with Gasteiger partial charge in [0.15, 0.2) is 0 Å². The van der Waals surface area contributed by atoms with Crippen molar-refractivity contribution in [3.05, 3.63) is 19.2 Å². The van der Waals surface area contributed by atoms with Crippen molar-refractivity contribution in [2.45, 2.75) is 0 Å². The topological polar surface area (TPSA) is 29.4 Å². The molecule has 0 bridgehead atoms. The van der Waals surface area contributed by atoms with Crippen molar-refractivity contribution >= 4 is 11.8 Å². The van der Waals surface area contributed by atoms with Crippen molar-refractivity contribution in [2.24, 2.45) is 4.99 Å². The summed E-state index contributed by atoms with van der Waals surface area (Å²) >= 11 is 0. The molecule has 36 valence electrons. The third-order valence-corrected chi connectivity index (χ3v) is 0.364. The Bertz CT molecular complexity index is 131. The van der Waals surface area contributed by atoms with Crippen molar-refractivity contribution in [2.75, 3.05) is 0 Å². The molecule has 0 radical (unpaired) electrons.